The van der Waals surface area contributed by atoms with Crippen LogP contribution in [-0.2, 0) is 15.7 Å². The molecule has 1 aromatic heterocycles. The van der Waals surface area contributed by atoms with Crippen LogP contribution in [0.15, 0.2) is 41.4 Å². The number of likely N-dealkylation sites (N-methyl/N-ethyl adjacent to an activating group) is 1. The number of carbonyl (C=O) groups excluding carboxylic acids is 1. The maximum absolute atomic E-state index is 13.3. The molecule has 2 N–H and O–H groups in total. The van der Waals surface area contributed by atoms with E-state index in [0.29, 0.717) is 4.88 Å². The van der Waals surface area contributed by atoms with Gasteiger partial charge in [0.15, 0.2) is 5.96 Å². The van der Waals surface area contributed by atoms with E-state index in [0.717, 1.165) is 35.3 Å². The molecule has 1 aromatic carbocycles. The highest BCUT2D eigenvalue weighted by Gasteiger charge is 2.48. The summed E-state index contributed by atoms with van der Waals surface area (Å²) in [6, 6.07) is 16.0. The number of carbonyl (C=O) groups is 1. The number of hydrogen-bond donors (Lipinski definition) is 1. The molecular formula is C22H21N5OS. The van der Waals surface area contributed by atoms with Crippen molar-refractivity contribution in [3.05, 3.63) is 57.3 Å². The van der Waals surface area contributed by atoms with E-state index in [9.17, 15) is 15.3 Å². The molecule has 0 spiro atoms. The van der Waals surface area contributed by atoms with Crippen molar-refractivity contribution in [3.8, 4) is 12.1 Å². The number of nitrogens with two attached hydrogens (primary N) is 1. The van der Waals surface area contributed by atoms with Crippen molar-refractivity contribution in [2.45, 2.75) is 43.1 Å². The fourth-order valence-electron chi connectivity index (χ4n) is 4.25. The van der Waals surface area contributed by atoms with Crippen molar-refractivity contribution in [2.75, 3.05) is 7.05 Å². The van der Waals surface area contributed by atoms with Gasteiger partial charge in [-0.15, -0.1) is 11.3 Å². The van der Waals surface area contributed by atoms with Crippen LogP contribution in [0.1, 0.15) is 53.0 Å². The molecule has 1 aliphatic carbocycles. The van der Waals surface area contributed by atoms with Crippen LogP contribution in [0.4, 0.5) is 0 Å². The minimum Gasteiger partial charge on any atom is -0.369 e. The Hall–Kier alpha value is -3.16. The van der Waals surface area contributed by atoms with E-state index < -0.39 is 16.9 Å². The zero-order valence-corrected chi connectivity index (χ0v) is 17.2. The van der Waals surface area contributed by atoms with Crippen LogP contribution in [0.25, 0.3) is 0 Å². The zero-order valence-electron chi connectivity index (χ0n) is 16.3. The Morgan fingerprint density at radius 1 is 1.21 bits per heavy atom. The van der Waals surface area contributed by atoms with Crippen LogP contribution in [0.2, 0.25) is 0 Å². The summed E-state index contributed by atoms with van der Waals surface area (Å²) in [4.78, 5) is 20.7. The van der Waals surface area contributed by atoms with E-state index in [4.69, 9.17) is 5.73 Å². The minimum absolute atomic E-state index is 0.140. The Morgan fingerprint density at radius 2 is 1.90 bits per heavy atom. The predicted octanol–water partition coefficient (Wildman–Crippen LogP) is 3.35. The fourth-order valence-corrected chi connectivity index (χ4v) is 5.17. The Morgan fingerprint density at radius 3 is 2.41 bits per heavy atom. The molecule has 2 atom stereocenters. The third-order valence-corrected chi connectivity index (χ3v) is 7.48. The second kappa shape index (κ2) is 6.72. The molecule has 1 fully saturated rings. The SMILES string of the molecule is CN1C(=O)[C@H](c2ccc(C3(C#N)CCC3)cc2)C(C)(c2ccc(C#N)s2)N=C1N. The highest BCUT2D eigenvalue weighted by Crippen LogP contribution is 2.47. The Bertz CT molecular complexity index is 1080. The van der Waals surface area contributed by atoms with Gasteiger partial charge >= 0.3 is 0 Å². The molecule has 1 aliphatic heterocycles. The first-order valence-electron chi connectivity index (χ1n) is 9.50. The van der Waals surface area contributed by atoms with E-state index in [1.54, 1.807) is 13.1 Å². The first-order valence-corrected chi connectivity index (χ1v) is 10.3. The van der Waals surface area contributed by atoms with E-state index in [1.807, 2.05) is 37.3 Å². The Kier molecular flexibility index (Phi) is 4.44. The van der Waals surface area contributed by atoms with E-state index in [-0.39, 0.29) is 11.9 Å². The molecule has 4 rings (SSSR count). The number of rotatable bonds is 3. The van der Waals surface area contributed by atoms with Gasteiger partial charge in [-0.3, -0.25) is 9.69 Å². The Balaban J connectivity index is 1.80. The van der Waals surface area contributed by atoms with Crippen molar-refractivity contribution in [3.63, 3.8) is 0 Å². The maximum atomic E-state index is 13.3. The fraction of sp³-hybridized carbons (Fsp3) is 0.364. The summed E-state index contributed by atoms with van der Waals surface area (Å²) in [5.41, 5.74) is 6.57. The molecule has 1 unspecified atom stereocenters. The van der Waals surface area contributed by atoms with Crippen LogP contribution in [-0.4, -0.2) is 23.8 Å². The molecule has 0 saturated heterocycles. The number of hydrogen-bond acceptors (Lipinski definition) is 6. The monoisotopic (exact) mass is 403 g/mol. The van der Waals surface area contributed by atoms with Crippen molar-refractivity contribution in [1.82, 2.24) is 4.90 Å². The van der Waals surface area contributed by atoms with Crippen molar-refractivity contribution in [1.29, 1.82) is 10.5 Å². The highest BCUT2D eigenvalue weighted by atomic mass is 32.1. The number of amides is 1. The van der Waals surface area contributed by atoms with Crippen LogP contribution in [0, 0.1) is 22.7 Å². The van der Waals surface area contributed by atoms with Crippen LogP contribution >= 0.6 is 11.3 Å². The predicted molar refractivity (Wildman–Crippen MR) is 111 cm³/mol. The average molecular weight is 404 g/mol. The van der Waals surface area contributed by atoms with Gasteiger partial charge < -0.3 is 5.73 Å². The second-order valence-corrected chi connectivity index (χ2v) is 8.98. The lowest BCUT2D eigenvalue weighted by Gasteiger charge is -2.40. The number of thiophene rings is 1. The minimum atomic E-state index is -0.904. The smallest absolute Gasteiger partial charge is 0.239 e. The quantitative estimate of drug-likeness (QED) is 0.848. The highest BCUT2D eigenvalue weighted by molar-refractivity contribution is 7.12. The van der Waals surface area contributed by atoms with Gasteiger partial charge in [0.05, 0.1) is 17.4 Å². The van der Waals surface area contributed by atoms with Gasteiger partial charge in [0.2, 0.25) is 5.91 Å². The number of benzene rings is 1. The third-order valence-electron chi connectivity index (χ3n) is 6.26. The van der Waals surface area contributed by atoms with Gasteiger partial charge in [0, 0.05) is 11.9 Å². The molecule has 2 aliphatic rings. The van der Waals surface area contributed by atoms with Crippen molar-refractivity contribution >= 4 is 23.2 Å². The topological polar surface area (TPSA) is 106 Å². The third kappa shape index (κ3) is 2.82. The number of aliphatic imine (C=N–C) groups is 1. The van der Waals surface area contributed by atoms with Crippen LogP contribution < -0.4 is 5.73 Å². The summed E-state index contributed by atoms with van der Waals surface area (Å²) in [7, 11) is 1.62. The van der Waals surface area contributed by atoms with Crippen LogP contribution in [0.3, 0.4) is 0 Å². The van der Waals surface area contributed by atoms with Crippen molar-refractivity contribution < 1.29 is 4.79 Å². The molecule has 2 aromatic rings. The molecule has 0 radical (unpaired) electrons. The lowest BCUT2D eigenvalue weighted by atomic mass is 9.65. The molecule has 1 amide bonds. The number of guanidine groups is 1. The normalized spacial score (nSPS) is 25.5. The maximum Gasteiger partial charge on any atom is 0.239 e. The van der Waals surface area contributed by atoms with E-state index in [1.165, 1.54) is 16.2 Å². The standard InChI is InChI=1S/C22H21N5OS/c1-21(17-9-8-16(12-23)29-17)18(19(28)27(2)20(25)26-21)14-4-6-15(7-5-14)22(13-24)10-3-11-22/h4-9,18H,3,10-11H2,1-2H3,(H2,25,26)/t18-,21?/m0/s1. The van der Waals surface area contributed by atoms with Crippen molar-refractivity contribution in [2.24, 2.45) is 10.7 Å². The first kappa shape index (κ1) is 19.2. The molecule has 0 bridgehead atoms. The number of nitrogens with zero attached hydrogens (tertiary/aromatic N) is 4. The second-order valence-electron chi connectivity index (χ2n) is 7.89. The summed E-state index contributed by atoms with van der Waals surface area (Å²) in [6.45, 7) is 1.89. The molecular weight excluding hydrogens is 382 g/mol. The Labute approximate surface area is 173 Å². The lowest BCUT2D eigenvalue weighted by molar-refractivity contribution is -0.130. The summed E-state index contributed by atoms with van der Waals surface area (Å²) in [5.74, 6) is -0.549. The van der Waals surface area contributed by atoms with Gasteiger partial charge in [-0.05, 0) is 49.4 Å². The molecule has 2 heterocycles. The van der Waals surface area contributed by atoms with Gasteiger partial charge in [0.1, 0.15) is 16.5 Å². The van der Waals surface area contributed by atoms with E-state index >= 15 is 0 Å². The molecule has 1 saturated carbocycles. The van der Waals surface area contributed by atoms with Crippen LogP contribution in [0.5, 0.6) is 0 Å². The van der Waals surface area contributed by atoms with Gasteiger partial charge in [0.25, 0.3) is 0 Å². The largest absolute Gasteiger partial charge is 0.369 e. The number of nitriles is 2. The first-order chi connectivity index (χ1) is 13.8. The zero-order chi connectivity index (χ0) is 20.8. The molecule has 146 valence electrons. The average Bonchev–Trinajstić information content (AvgIpc) is 3.17. The van der Waals surface area contributed by atoms with E-state index in [2.05, 4.69) is 17.1 Å². The molecule has 7 heteroatoms. The molecule has 29 heavy (non-hydrogen) atoms. The summed E-state index contributed by atoms with van der Waals surface area (Å²) in [6.07, 6.45) is 2.81. The van der Waals surface area contributed by atoms with Gasteiger partial charge in [-0.25, -0.2) is 4.99 Å². The van der Waals surface area contributed by atoms with Gasteiger partial charge in [-0.1, -0.05) is 24.3 Å². The lowest BCUT2D eigenvalue weighted by Crippen LogP contribution is -2.52. The summed E-state index contributed by atoms with van der Waals surface area (Å²) < 4.78 is 0. The molecule has 6 nitrogen and oxygen atoms in total. The summed E-state index contributed by atoms with van der Waals surface area (Å²) in [5, 5.41) is 18.8. The summed E-state index contributed by atoms with van der Waals surface area (Å²) >= 11 is 1.33. The van der Waals surface area contributed by atoms with Gasteiger partial charge in [-0.2, -0.15) is 10.5 Å².